The molecule has 0 bridgehead atoms. The van der Waals surface area contributed by atoms with Crippen LogP contribution in [0.4, 0.5) is 0 Å². The van der Waals surface area contributed by atoms with Gasteiger partial charge in [-0.2, -0.15) is 0 Å². The number of aryl methyl sites for hydroxylation is 2. The minimum Gasteiger partial charge on any atom is -0.480 e. The van der Waals surface area contributed by atoms with Gasteiger partial charge in [0.2, 0.25) is 0 Å². The van der Waals surface area contributed by atoms with Crippen LogP contribution < -0.4 is 9.05 Å². The van der Waals surface area contributed by atoms with E-state index >= 15 is 0 Å². The minimum absolute atomic E-state index is 0.963. The minimum atomic E-state index is 0.963. The topological polar surface area (TPSA) is 18.5 Å². The Morgan fingerprint density at radius 3 is 1.50 bits per heavy atom. The maximum absolute atomic E-state index is 5.42. The second kappa shape index (κ2) is 8.73. The maximum atomic E-state index is 5.42. The highest BCUT2D eigenvalue weighted by molar-refractivity contribution is 7.10. The second-order valence-electron chi connectivity index (χ2n) is 4.51. The fourth-order valence-corrected chi connectivity index (χ4v) is 2.43. The lowest BCUT2D eigenvalue weighted by atomic mass is 10.0. The molecule has 2 nitrogen and oxygen atoms in total. The molecule has 0 aliphatic rings. The van der Waals surface area contributed by atoms with E-state index in [1.807, 2.05) is 0 Å². The van der Waals surface area contributed by atoms with Gasteiger partial charge in [-0.05, 0) is 48.9 Å². The molecule has 0 fully saturated rings. The predicted molar refractivity (Wildman–Crippen MR) is 84.3 cm³/mol. The summed E-state index contributed by atoms with van der Waals surface area (Å²) in [7, 11) is 4.70. The average molecular weight is 286 g/mol. The van der Waals surface area contributed by atoms with Crippen molar-refractivity contribution in [2.24, 2.45) is 0 Å². The van der Waals surface area contributed by atoms with Crippen LogP contribution >= 0.6 is 18.9 Å². The molecule has 0 aliphatic carbocycles. The standard InChI is InChI=1S/C14H24O2P2/c1-3-5-7-11-9-14(16-18)12(8-6-4-2)10-13(11)15-17/h9-10H,3-8,17-18H2,1-2H3. The summed E-state index contributed by atoms with van der Waals surface area (Å²) in [6.07, 6.45) is 6.79. The van der Waals surface area contributed by atoms with Crippen LogP contribution in [0, 0.1) is 0 Å². The number of benzene rings is 1. The van der Waals surface area contributed by atoms with Crippen LogP contribution in [0.1, 0.15) is 50.7 Å². The summed E-state index contributed by atoms with van der Waals surface area (Å²) in [5.74, 6) is 1.93. The third kappa shape index (κ3) is 4.41. The molecule has 0 saturated carbocycles. The van der Waals surface area contributed by atoms with Crippen LogP contribution in [0.15, 0.2) is 12.1 Å². The van der Waals surface area contributed by atoms with E-state index in [0.29, 0.717) is 0 Å². The van der Waals surface area contributed by atoms with Gasteiger partial charge in [0, 0.05) is 0 Å². The zero-order valence-electron chi connectivity index (χ0n) is 11.4. The first-order valence-electron chi connectivity index (χ1n) is 6.66. The van der Waals surface area contributed by atoms with Crippen molar-refractivity contribution >= 4 is 18.9 Å². The van der Waals surface area contributed by atoms with Crippen molar-refractivity contribution in [2.45, 2.75) is 52.4 Å². The third-order valence-electron chi connectivity index (χ3n) is 3.10. The van der Waals surface area contributed by atoms with Crippen molar-refractivity contribution in [2.75, 3.05) is 0 Å². The van der Waals surface area contributed by atoms with Gasteiger partial charge in [-0.1, -0.05) is 26.7 Å². The highest BCUT2D eigenvalue weighted by Gasteiger charge is 2.10. The summed E-state index contributed by atoms with van der Waals surface area (Å²) in [6, 6.07) is 4.24. The number of hydrogen-bond donors (Lipinski definition) is 0. The summed E-state index contributed by atoms with van der Waals surface area (Å²) in [5.41, 5.74) is 2.45. The van der Waals surface area contributed by atoms with E-state index < -0.39 is 0 Å². The van der Waals surface area contributed by atoms with Crippen LogP contribution in [0.25, 0.3) is 0 Å². The molecule has 0 heterocycles. The fraction of sp³-hybridized carbons (Fsp3) is 0.571. The molecule has 1 rings (SSSR count). The molecule has 0 radical (unpaired) electrons. The Bertz CT molecular complexity index is 331. The zero-order valence-corrected chi connectivity index (χ0v) is 13.7. The van der Waals surface area contributed by atoms with Crippen LogP contribution in [0.5, 0.6) is 11.5 Å². The lowest BCUT2D eigenvalue weighted by molar-refractivity contribution is 0.599. The van der Waals surface area contributed by atoms with E-state index in [1.54, 1.807) is 0 Å². The molecule has 0 N–H and O–H groups in total. The molecule has 102 valence electrons. The van der Waals surface area contributed by atoms with E-state index in [4.69, 9.17) is 9.05 Å². The lowest BCUT2D eigenvalue weighted by Gasteiger charge is -2.14. The lowest BCUT2D eigenvalue weighted by Crippen LogP contribution is -1.95. The van der Waals surface area contributed by atoms with Crippen molar-refractivity contribution in [3.63, 3.8) is 0 Å². The molecule has 1 aromatic carbocycles. The van der Waals surface area contributed by atoms with Gasteiger partial charge in [0.1, 0.15) is 11.5 Å². The molecule has 18 heavy (non-hydrogen) atoms. The van der Waals surface area contributed by atoms with Crippen LogP contribution in [0.2, 0.25) is 0 Å². The Labute approximate surface area is 115 Å². The van der Waals surface area contributed by atoms with Crippen molar-refractivity contribution in [1.29, 1.82) is 0 Å². The van der Waals surface area contributed by atoms with Gasteiger partial charge in [0.05, 0.1) is 18.9 Å². The Morgan fingerprint density at radius 1 is 0.833 bits per heavy atom. The van der Waals surface area contributed by atoms with Gasteiger partial charge in [-0.15, -0.1) is 0 Å². The molecule has 0 aliphatic heterocycles. The first-order chi connectivity index (χ1) is 8.76. The molecular formula is C14H24O2P2. The Morgan fingerprint density at radius 2 is 1.22 bits per heavy atom. The van der Waals surface area contributed by atoms with Gasteiger partial charge in [0.25, 0.3) is 0 Å². The van der Waals surface area contributed by atoms with Gasteiger partial charge >= 0.3 is 0 Å². The second-order valence-corrected chi connectivity index (χ2v) is 4.98. The van der Waals surface area contributed by atoms with Crippen LogP contribution in [-0.2, 0) is 12.8 Å². The zero-order chi connectivity index (χ0) is 13.4. The molecule has 0 saturated heterocycles. The van der Waals surface area contributed by atoms with E-state index in [-0.39, 0.29) is 0 Å². The Hall–Kier alpha value is -0.320. The summed E-state index contributed by atoms with van der Waals surface area (Å²) in [6.45, 7) is 4.40. The largest absolute Gasteiger partial charge is 0.480 e. The third-order valence-corrected chi connectivity index (χ3v) is 3.60. The van der Waals surface area contributed by atoms with Crippen LogP contribution in [0.3, 0.4) is 0 Å². The molecular weight excluding hydrogens is 262 g/mol. The van der Waals surface area contributed by atoms with Crippen molar-refractivity contribution < 1.29 is 9.05 Å². The highest BCUT2D eigenvalue weighted by atomic mass is 31.0. The van der Waals surface area contributed by atoms with Gasteiger partial charge in [-0.3, -0.25) is 0 Å². The number of hydrogen-bond acceptors (Lipinski definition) is 2. The van der Waals surface area contributed by atoms with Gasteiger partial charge in [-0.25, -0.2) is 0 Å². The molecule has 2 unspecified atom stereocenters. The summed E-state index contributed by atoms with van der Waals surface area (Å²) >= 11 is 0. The van der Waals surface area contributed by atoms with E-state index in [1.165, 1.54) is 36.8 Å². The molecule has 1 aromatic rings. The summed E-state index contributed by atoms with van der Waals surface area (Å²) in [4.78, 5) is 0. The number of rotatable bonds is 8. The van der Waals surface area contributed by atoms with Crippen LogP contribution in [-0.4, -0.2) is 0 Å². The summed E-state index contributed by atoms with van der Waals surface area (Å²) < 4.78 is 10.8. The molecule has 4 heteroatoms. The summed E-state index contributed by atoms with van der Waals surface area (Å²) in [5, 5.41) is 0. The quantitative estimate of drug-likeness (QED) is 0.644. The average Bonchev–Trinajstić information content (AvgIpc) is 2.42. The van der Waals surface area contributed by atoms with E-state index in [0.717, 1.165) is 24.3 Å². The Kier molecular flexibility index (Phi) is 7.63. The SMILES string of the molecule is CCCCc1cc(OP)c(CCCC)cc1OP. The van der Waals surface area contributed by atoms with Crippen molar-refractivity contribution in [1.82, 2.24) is 0 Å². The van der Waals surface area contributed by atoms with Crippen molar-refractivity contribution in [3.8, 4) is 11.5 Å². The molecule has 2 atom stereocenters. The van der Waals surface area contributed by atoms with E-state index in [9.17, 15) is 0 Å². The monoisotopic (exact) mass is 286 g/mol. The number of unbranched alkanes of at least 4 members (excludes halogenated alkanes) is 2. The van der Waals surface area contributed by atoms with Gasteiger partial charge < -0.3 is 9.05 Å². The Balaban J connectivity index is 2.98. The first kappa shape index (κ1) is 15.7. The molecule has 0 amide bonds. The first-order valence-corrected chi connectivity index (χ1v) is 7.60. The van der Waals surface area contributed by atoms with Crippen molar-refractivity contribution in [3.05, 3.63) is 23.3 Å². The highest BCUT2D eigenvalue weighted by Crippen LogP contribution is 2.33. The van der Waals surface area contributed by atoms with Gasteiger partial charge in [0.15, 0.2) is 0 Å². The van der Waals surface area contributed by atoms with E-state index in [2.05, 4.69) is 44.9 Å². The fourth-order valence-electron chi connectivity index (χ4n) is 1.99. The molecule has 0 aromatic heterocycles. The predicted octanol–water partition coefficient (Wildman–Crippen LogP) is 4.71. The smallest absolute Gasteiger partial charge is 0.126 e. The normalized spacial score (nSPS) is 10.4. The molecule has 0 spiro atoms. The maximum Gasteiger partial charge on any atom is 0.126 e.